The molecule has 7 heteroatoms. The van der Waals surface area contributed by atoms with E-state index in [4.69, 9.17) is 11.6 Å². The van der Waals surface area contributed by atoms with Crippen LogP contribution >= 0.6 is 11.6 Å². The summed E-state index contributed by atoms with van der Waals surface area (Å²) < 4.78 is 0. The zero-order chi connectivity index (χ0) is 14.5. The number of anilines is 2. The summed E-state index contributed by atoms with van der Waals surface area (Å²) in [5, 5.41) is 3.56. The molecule has 1 atom stereocenters. The van der Waals surface area contributed by atoms with E-state index in [-0.39, 0.29) is 5.28 Å². The van der Waals surface area contributed by atoms with Crippen LogP contribution in [0.3, 0.4) is 0 Å². The second-order valence-electron chi connectivity index (χ2n) is 5.56. The number of hydrogen-bond acceptors (Lipinski definition) is 6. The van der Waals surface area contributed by atoms with Gasteiger partial charge >= 0.3 is 0 Å². The second kappa shape index (κ2) is 7.04. The van der Waals surface area contributed by atoms with Crippen LogP contribution < -0.4 is 10.2 Å². The van der Waals surface area contributed by atoms with Gasteiger partial charge in [0.15, 0.2) is 0 Å². The summed E-state index contributed by atoms with van der Waals surface area (Å²) in [5.41, 5.74) is 0. The molecule has 0 aliphatic carbocycles. The molecule has 0 spiro atoms. The molecule has 20 heavy (non-hydrogen) atoms. The average Bonchev–Trinajstić information content (AvgIpc) is 2.89. The van der Waals surface area contributed by atoms with Crippen LogP contribution in [0, 0.1) is 0 Å². The van der Waals surface area contributed by atoms with Crippen molar-refractivity contribution < 1.29 is 0 Å². The molecular weight excluding hydrogens is 276 g/mol. The molecule has 1 aliphatic rings. The van der Waals surface area contributed by atoms with E-state index < -0.39 is 0 Å². The van der Waals surface area contributed by atoms with Crippen molar-refractivity contribution in [1.82, 2.24) is 19.9 Å². The molecule has 1 fully saturated rings. The van der Waals surface area contributed by atoms with Gasteiger partial charge in [-0.15, -0.1) is 0 Å². The van der Waals surface area contributed by atoms with E-state index in [1.54, 1.807) is 0 Å². The van der Waals surface area contributed by atoms with Gasteiger partial charge in [-0.3, -0.25) is 0 Å². The Morgan fingerprint density at radius 2 is 1.95 bits per heavy atom. The Morgan fingerprint density at radius 3 is 2.60 bits per heavy atom. The molecule has 0 aromatic carbocycles. The smallest absolute Gasteiger partial charge is 0.231 e. The minimum Gasteiger partial charge on any atom is -0.352 e. The van der Waals surface area contributed by atoms with Gasteiger partial charge in [-0.2, -0.15) is 15.0 Å². The van der Waals surface area contributed by atoms with Crippen molar-refractivity contribution in [2.24, 2.45) is 0 Å². The van der Waals surface area contributed by atoms with Crippen LogP contribution in [0.2, 0.25) is 5.28 Å². The fourth-order valence-electron chi connectivity index (χ4n) is 2.21. The lowest BCUT2D eigenvalue weighted by molar-refractivity contribution is 0.390. The topological polar surface area (TPSA) is 57.2 Å². The van der Waals surface area contributed by atoms with Crippen molar-refractivity contribution in [3.8, 4) is 0 Å². The maximum Gasteiger partial charge on any atom is 0.231 e. The maximum absolute atomic E-state index is 6.00. The third-order valence-corrected chi connectivity index (χ3v) is 3.54. The van der Waals surface area contributed by atoms with E-state index in [1.807, 2.05) is 0 Å². The number of nitrogens with one attached hydrogen (secondary N) is 1. The molecule has 1 saturated heterocycles. The molecule has 1 aromatic rings. The molecule has 1 N–H and O–H groups in total. The SMILES string of the molecule is CC(CCN(C)C)Nc1nc(Cl)nc(N2CCCC2)n1. The van der Waals surface area contributed by atoms with Crippen LogP contribution in [-0.2, 0) is 0 Å². The molecule has 0 saturated carbocycles. The average molecular weight is 299 g/mol. The van der Waals surface area contributed by atoms with E-state index >= 15 is 0 Å². The van der Waals surface area contributed by atoms with Crippen molar-refractivity contribution in [2.45, 2.75) is 32.2 Å². The number of aromatic nitrogens is 3. The first-order chi connectivity index (χ1) is 9.54. The molecule has 0 amide bonds. The molecule has 1 aromatic heterocycles. The Kier molecular flexibility index (Phi) is 5.37. The quantitative estimate of drug-likeness (QED) is 0.865. The summed E-state index contributed by atoms with van der Waals surface area (Å²) in [7, 11) is 4.13. The summed E-state index contributed by atoms with van der Waals surface area (Å²) in [6, 6.07) is 0.294. The van der Waals surface area contributed by atoms with Gasteiger partial charge in [-0.25, -0.2) is 0 Å². The second-order valence-corrected chi connectivity index (χ2v) is 5.90. The largest absolute Gasteiger partial charge is 0.352 e. The van der Waals surface area contributed by atoms with Gasteiger partial charge < -0.3 is 15.1 Å². The first-order valence-electron chi connectivity index (χ1n) is 7.12. The van der Waals surface area contributed by atoms with Crippen LogP contribution in [-0.4, -0.2) is 59.6 Å². The van der Waals surface area contributed by atoms with Gasteiger partial charge in [0.25, 0.3) is 0 Å². The van der Waals surface area contributed by atoms with Gasteiger partial charge in [0, 0.05) is 19.1 Å². The van der Waals surface area contributed by atoms with Gasteiger partial charge in [-0.05, 0) is 58.4 Å². The van der Waals surface area contributed by atoms with Gasteiger partial charge in [0.1, 0.15) is 0 Å². The molecule has 0 radical (unpaired) electrons. The Hall–Kier alpha value is -1.14. The van der Waals surface area contributed by atoms with Crippen molar-refractivity contribution >= 4 is 23.5 Å². The fraction of sp³-hybridized carbons (Fsp3) is 0.769. The fourth-order valence-corrected chi connectivity index (χ4v) is 2.36. The molecule has 112 valence electrons. The number of nitrogens with zero attached hydrogens (tertiary/aromatic N) is 5. The Morgan fingerprint density at radius 1 is 1.25 bits per heavy atom. The predicted molar refractivity (Wildman–Crippen MR) is 82.5 cm³/mol. The Labute approximate surface area is 125 Å². The van der Waals surface area contributed by atoms with Crippen LogP contribution in [0.15, 0.2) is 0 Å². The highest BCUT2D eigenvalue weighted by molar-refractivity contribution is 6.28. The summed E-state index contributed by atoms with van der Waals surface area (Å²) in [6.07, 6.45) is 3.39. The van der Waals surface area contributed by atoms with E-state index in [9.17, 15) is 0 Å². The van der Waals surface area contributed by atoms with E-state index in [1.165, 1.54) is 12.8 Å². The summed E-state index contributed by atoms with van der Waals surface area (Å²) in [5.74, 6) is 1.25. The lowest BCUT2D eigenvalue weighted by Crippen LogP contribution is -2.25. The van der Waals surface area contributed by atoms with Crippen molar-refractivity contribution in [1.29, 1.82) is 0 Å². The third-order valence-electron chi connectivity index (χ3n) is 3.37. The minimum atomic E-state index is 0.254. The van der Waals surface area contributed by atoms with Gasteiger partial charge in [0.05, 0.1) is 0 Å². The molecule has 6 nitrogen and oxygen atoms in total. The highest BCUT2D eigenvalue weighted by Gasteiger charge is 2.17. The van der Waals surface area contributed by atoms with Gasteiger partial charge in [-0.1, -0.05) is 0 Å². The standard InChI is InChI=1S/C13H23ClN6/c1-10(6-9-19(2)3)15-12-16-11(14)17-13(18-12)20-7-4-5-8-20/h10H,4-9H2,1-3H3,(H,15,16,17,18). The number of halogens is 1. The first-order valence-corrected chi connectivity index (χ1v) is 7.50. The monoisotopic (exact) mass is 298 g/mol. The highest BCUT2D eigenvalue weighted by Crippen LogP contribution is 2.19. The minimum absolute atomic E-state index is 0.254. The van der Waals surface area contributed by atoms with Crippen LogP contribution in [0.25, 0.3) is 0 Å². The van der Waals surface area contributed by atoms with E-state index in [0.717, 1.165) is 26.1 Å². The normalized spacial score (nSPS) is 16.8. The van der Waals surface area contributed by atoms with Crippen LogP contribution in [0.5, 0.6) is 0 Å². The van der Waals surface area contributed by atoms with Crippen molar-refractivity contribution in [3.05, 3.63) is 5.28 Å². The summed E-state index contributed by atoms with van der Waals surface area (Å²) >= 11 is 6.00. The Bertz CT molecular complexity index is 433. The van der Waals surface area contributed by atoms with Gasteiger partial charge in [0.2, 0.25) is 17.2 Å². The third kappa shape index (κ3) is 4.45. The van der Waals surface area contributed by atoms with Crippen LogP contribution in [0.1, 0.15) is 26.2 Å². The summed E-state index contributed by atoms with van der Waals surface area (Å²) in [6.45, 7) is 5.13. The lowest BCUT2D eigenvalue weighted by Gasteiger charge is -2.19. The van der Waals surface area contributed by atoms with Crippen molar-refractivity contribution in [3.63, 3.8) is 0 Å². The van der Waals surface area contributed by atoms with E-state index in [2.05, 4.69) is 51.1 Å². The predicted octanol–water partition coefficient (Wildman–Crippen LogP) is 1.88. The zero-order valence-electron chi connectivity index (χ0n) is 12.4. The molecule has 1 aliphatic heterocycles. The first kappa shape index (κ1) is 15.3. The van der Waals surface area contributed by atoms with Crippen LogP contribution in [0.4, 0.5) is 11.9 Å². The molecule has 2 heterocycles. The highest BCUT2D eigenvalue weighted by atomic mass is 35.5. The number of hydrogen-bond donors (Lipinski definition) is 1. The van der Waals surface area contributed by atoms with E-state index in [0.29, 0.717) is 17.9 Å². The Balaban J connectivity index is 2.00. The summed E-state index contributed by atoms with van der Waals surface area (Å²) in [4.78, 5) is 17.2. The molecular formula is C13H23ClN6. The molecule has 2 rings (SSSR count). The van der Waals surface area contributed by atoms with Crippen molar-refractivity contribution in [2.75, 3.05) is 43.9 Å². The molecule has 0 bridgehead atoms. The lowest BCUT2D eigenvalue weighted by atomic mass is 10.2. The molecule has 1 unspecified atom stereocenters. The zero-order valence-corrected chi connectivity index (χ0v) is 13.2. The maximum atomic E-state index is 6.00. The number of rotatable bonds is 6.